The first-order chi connectivity index (χ1) is 10.3. The van der Waals surface area contributed by atoms with Gasteiger partial charge in [-0.3, -0.25) is 9.20 Å². The molecule has 6 nitrogen and oxygen atoms in total. The van der Waals surface area contributed by atoms with Crippen molar-refractivity contribution >= 4 is 22.2 Å². The molecule has 0 bridgehead atoms. The summed E-state index contributed by atoms with van der Waals surface area (Å²) in [6.07, 6.45) is 7.98. The van der Waals surface area contributed by atoms with E-state index >= 15 is 0 Å². The molecule has 2 fully saturated rings. The fourth-order valence-electron chi connectivity index (χ4n) is 3.22. The molecule has 2 aromatic heterocycles. The number of fused-ring (bicyclic) bond motifs is 1. The van der Waals surface area contributed by atoms with Gasteiger partial charge in [-0.1, -0.05) is 11.3 Å². The van der Waals surface area contributed by atoms with Gasteiger partial charge in [0.15, 0.2) is 4.96 Å². The Balaban J connectivity index is 1.51. The van der Waals surface area contributed by atoms with Crippen LogP contribution in [0, 0.1) is 0 Å². The third-order valence-corrected chi connectivity index (χ3v) is 5.40. The number of ether oxygens (including phenoxy) is 2. The van der Waals surface area contributed by atoms with E-state index in [1.165, 1.54) is 11.3 Å². The topological polar surface area (TPSA) is 64.9 Å². The van der Waals surface area contributed by atoms with Crippen LogP contribution in [0.4, 0.5) is 0 Å². The Labute approximate surface area is 126 Å². The second-order valence-electron chi connectivity index (χ2n) is 5.55. The van der Waals surface area contributed by atoms with Crippen LogP contribution in [0.5, 0.6) is 0 Å². The third-order valence-electron chi connectivity index (χ3n) is 4.39. The molecule has 0 radical (unpaired) electrons. The van der Waals surface area contributed by atoms with E-state index in [0.717, 1.165) is 24.2 Å². The van der Waals surface area contributed by atoms with Crippen LogP contribution in [0.3, 0.4) is 0 Å². The van der Waals surface area contributed by atoms with Crippen molar-refractivity contribution < 1.29 is 14.3 Å². The number of thiazole rings is 1. The number of aromatic nitrogens is 2. The standard InChI is InChI=1S/C14H17N3O3S/c18-12(10-9-17-5-4-15-13(17)21-10)16-11-1-6-20-14(11)2-7-19-8-3-14/h4-5,9,11H,1-3,6-8H2,(H,16,18). The number of carbonyl (C=O) groups is 1. The van der Waals surface area contributed by atoms with Crippen molar-refractivity contribution in [3.8, 4) is 0 Å². The minimum atomic E-state index is -0.231. The quantitative estimate of drug-likeness (QED) is 0.912. The van der Waals surface area contributed by atoms with Crippen molar-refractivity contribution in [1.82, 2.24) is 14.7 Å². The monoisotopic (exact) mass is 307 g/mol. The minimum absolute atomic E-state index is 0.0353. The van der Waals surface area contributed by atoms with Gasteiger partial charge in [0.05, 0.1) is 11.6 Å². The van der Waals surface area contributed by atoms with Gasteiger partial charge >= 0.3 is 0 Å². The molecular formula is C14H17N3O3S. The van der Waals surface area contributed by atoms with Crippen LogP contribution in [-0.4, -0.2) is 46.8 Å². The van der Waals surface area contributed by atoms with Crippen molar-refractivity contribution in [2.45, 2.75) is 30.9 Å². The summed E-state index contributed by atoms with van der Waals surface area (Å²) in [6, 6.07) is 0.0725. The van der Waals surface area contributed by atoms with E-state index in [4.69, 9.17) is 9.47 Å². The van der Waals surface area contributed by atoms with Crippen LogP contribution in [0.1, 0.15) is 28.9 Å². The summed E-state index contributed by atoms with van der Waals surface area (Å²) in [5.41, 5.74) is -0.231. The zero-order valence-corrected chi connectivity index (χ0v) is 12.4. The lowest BCUT2D eigenvalue weighted by Gasteiger charge is -2.37. The summed E-state index contributed by atoms with van der Waals surface area (Å²) in [7, 11) is 0. The fraction of sp³-hybridized carbons (Fsp3) is 0.571. The lowest BCUT2D eigenvalue weighted by atomic mass is 9.86. The third kappa shape index (κ3) is 2.25. The molecule has 1 spiro atoms. The summed E-state index contributed by atoms with van der Waals surface area (Å²) in [6.45, 7) is 2.12. The summed E-state index contributed by atoms with van der Waals surface area (Å²) >= 11 is 1.40. The van der Waals surface area contributed by atoms with Crippen LogP contribution in [0.15, 0.2) is 18.6 Å². The molecule has 2 aliphatic rings. The highest BCUT2D eigenvalue weighted by molar-refractivity contribution is 7.18. The van der Waals surface area contributed by atoms with Gasteiger partial charge in [0.25, 0.3) is 5.91 Å². The van der Waals surface area contributed by atoms with Crippen LogP contribution in [0.2, 0.25) is 0 Å². The van der Waals surface area contributed by atoms with Crippen molar-refractivity contribution in [3.63, 3.8) is 0 Å². The maximum atomic E-state index is 12.5. The lowest BCUT2D eigenvalue weighted by molar-refractivity contribution is -0.0872. The lowest BCUT2D eigenvalue weighted by Crippen LogP contribution is -2.52. The highest BCUT2D eigenvalue weighted by Crippen LogP contribution is 2.35. The van der Waals surface area contributed by atoms with Gasteiger partial charge in [-0.25, -0.2) is 4.98 Å². The molecule has 1 atom stereocenters. The number of imidazole rings is 1. The molecule has 0 saturated carbocycles. The molecule has 0 aromatic carbocycles. The Morgan fingerprint density at radius 2 is 2.29 bits per heavy atom. The molecule has 2 saturated heterocycles. The zero-order chi connectivity index (χ0) is 14.3. The van der Waals surface area contributed by atoms with Crippen LogP contribution in [0.25, 0.3) is 4.96 Å². The first kappa shape index (κ1) is 13.2. The minimum Gasteiger partial charge on any atom is -0.381 e. The van der Waals surface area contributed by atoms with Crippen LogP contribution >= 0.6 is 11.3 Å². The van der Waals surface area contributed by atoms with E-state index in [9.17, 15) is 4.79 Å². The van der Waals surface area contributed by atoms with Gasteiger partial charge in [-0.15, -0.1) is 0 Å². The summed E-state index contributed by atoms with van der Waals surface area (Å²) in [5.74, 6) is -0.0353. The van der Waals surface area contributed by atoms with Gasteiger partial charge < -0.3 is 14.8 Å². The van der Waals surface area contributed by atoms with E-state index in [1.807, 2.05) is 16.8 Å². The van der Waals surface area contributed by atoms with Gasteiger partial charge in [-0.05, 0) is 6.42 Å². The average molecular weight is 307 g/mol. The molecule has 0 aliphatic carbocycles. The van der Waals surface area contributed by atoms with E-state index in [-0.39, 0.29) is 17.6 Å². The van der Waals surface area contributed by atoms with Gasteiger partial charge in [0, 0.05) is 51.3 Å². The van der Waals surface area contributed by atoms with Crippen molar-refractivity contribution in [3.05, 3.63) is 23.5 Å². The van der Waals surface area contributed by atoms with E-state index in [1.54, 1.807) is 6.20 Å². The first-order valence-electron chi connectivity index (χ1n) is 7.22. The van der Waals surface area contributed by atoms with E-state index < -0.39 is 0 Å². The number of hydrogen-bond acceptors (Lipinski definition) is 5. The van der Waals surface area contributed by atoms with Crippen LogP contribution < -0.4 is 5.32 Å². The predicted octanol–water partition coefficient (Wildman–Crippen LogP) is 1.46. The molecule has 21 heavy (non-hydrogen) atoms. The highest BCUT2D eigenvalue weighted by atomic mass is 32.1. The largest absolute Gasteiger partial charge is 0.381 e. The number of carbonyl (C=O) groups excluding carboxylic acids is 1. The Morgan fingerprint density at radius 1 is 1.43 bits per heavy atom. The molecule has 1 unspecified atom stereocenters. The molecular weight excluding hydrogens is 290 g/mol. The smallest absolute Gasteiger partial charge is 0.263 e. The second kappa shape index (κ2) is 5.08. The maximum absolute atomic E-state index is 12.5. The summed E-state index contributed by atoms with van der Waals surface area (Å²) < 4.78 is 13.3. The molecule has 2 aromatic rings. The van der Waals surface area contributed by atoms with Crippen molar-refractivity contribution in [2.24, 2.45) is 0 Å². The van der Waals surface area contributed by atoms with Crippen molar-refractivity contribution in [1.29, 1.82) is 0 Å². The Bertz CT molecular complexity index is 631. The molecule has 2 aliphatic heterocycles. The van der Waals surface area contributed by atoms with Crippen LogP contribution in [-0.2, 0) is 9.47 Å². The predicted molar refractivity (Wildman–Crippen MR) is 77.7 cm³/mol. The molecule has 1 N–H and O–H groups in total. The van der Waals surface area contributed by atoms with E-state index in [2.05, 4.69) is 10.3 Å². The number of nitrogens with one attached hydrogen (secondary N) is 1. The molecule has 112 valence electrons. The normalized spacial score (nSPS) is 24.7. The average Bonchev–Trinajstić information content (AvgIpc) is 3.16. The maximum Gasteiger partial charge on any atom is 0.263 e. The SMILES string of the molecule is O=C(NC1CCOC12CCOCC2)c1cn2ccnc2s1. The number of hydrogen-bond donors (Lipinski definition) is 1. The molecule has 4 rings (SSSR count). The second-order valence-corrected chi connectivity index (χ2v) is 6.56. The van der Waals surface area contributed by atoms with Crippen molar-refractivity contribution in [2.75, 3.05) is 19.8 Å². The Hall–Kier alpha value is -1.44. The molecule has 1 amide bonds. The highest BCUT2D eigenvalue weighted by Gasteiger charge is 2.46. The molecule has 4 heterocycles. The zero-order valence-electron chi connectivity index (χ0n) is 11.6. The fourth-order valence-corrected chi connectivity index (χ4v) is 4.07. The van der Waals surface area contributed by atoms with E-state index in [0.29, 0.717) is 24.7 Å². The van der Waals surface area contributed by atoms with Gasteiger partial charge in [0.2, 0.25) is 0 Å². The number of rotatable bonds is 2. The Morgan fingerprint density at radius 3 is 3.10 bits per heavy atom. The summed E-state index contributed by atoms with van der Waals surface area (Å²) in [4.78, 5) is 18.2. The number of amides is 1. The number of nitrogens with zero attached hydrogens (tertiary/aromatic N) is 2. The molecule has 7 heteroatoms. The van der Waals surface area contributed by atoms with Gasteiger partial charge in [-0.2, -0.15) is 0 Å². The Kier molecular flexibility index (Phi) is 3.20. The van der Waals surface area contributed by atoms with Gasteiger partial charge in [0.1, 0.15) is 4.88 Å². The summed E-state index contributed by atoms with van der Waals surface area (Å²) in [5, 5.41) is 3.16. The first-order valence-corrected chi connectivity index (χ1v) is 8.04.